The van der Waals surface area contributed by atoms with Crippen LogP contribution in [0.15, 0.2) is 48.5 Å². The molecule has 150 valence electrons. The van der Waals surface area contributed by atoms with Gasteiger partial charge >= 0.3 is 6.03 Å². The minimum atomic E-state index is -0.150. The molecule has 1 fully saturated rings. The van der Waals surface area contributed by atoms with Gasteiger partial charge in [-0.15, -0.1) is 0 Å². The Morgan fingerprint density at radius 3 is 2.46 bits per heavy atom. The molecule has 6 nitrogen and oxygen atoms in total. The van der Waals surface area contributed by atoms with Crippen molar-refractivity contribution < 1.29 is 9.53 Å². The molecular weight excluding hydrogens is 376 g/mol. The summed E-state index contributed by atoms with van der Waals surface area (Å²) in [6.07, 6.45) is 0. The fourth-order valence-electron chi connectivity index (χ4n) is 3.28. The Morgan fingerprint density at radius 1 is 1.04 bits per heavy atom. The van der Waals surface area contributed by atoms with E-state index in [1.165, 1.54) is 0 Å². The van der Waals surface area contributed by atoms with Crippen LogP contribution in [0.4, 0.5) is 10.5 Å². The van der Waals surface area contributed by atoms with E-state index < -0.39 is 0 Å². The van der Waals surface area contributed by atoms with Crippen LogP contribution in [0.1, 0.15) is 5.56 Å². The molecule has 2 N–H and O–H groups in total. The summed E-state index contributed by atoms with van der Waals surface area (Å²) in [5.74, 6) is 0.912. The van der Waals surface area contributed by atoms with Gasteiger partial charge in [0, 0.05) is 50.8 Å². The van der Waals surface area contributed by atoms with E-state index in [9.17, 15) is 4.79 Å². The highest BCUT2D eigenvalue weighted by atomic mass is 35.5. The molecule has 1 heterocycles. The number of rotatable bonds is 7. The number of nitrogens with one attached hydrogen (secondary N) is 2. The maximum absolute atomic E-state index is 11.9. The number of carbonyl (C=O) groups is 1. The van der Waals surface area contributed by atoms with Gasteiger partial charge < -0.3 is 20.3 Å². The van der Waals surface area contributed by atoms with Crippen LogP contribution in [0, 0.1) is 0 Å². The van der Waals surface area contributed by atoms with Gasteiger partial charge in [0.05, 0.1) is 12.8 Å². The van der Waals surface area contributed by atoms with Gasteiger partial charge in [0.15, 0.2) is 0 Å². The number of benzene rings is 2. The van der Waals surface area contributed by atoms with Crippen LogP contribution >= 0.6 is 11.6 Å². The lowest BCUT2D eigenvalue weighted by Gasteiger charge is -2.36. The van der Waals surface area contributed by atoms with Crippen molar-refractivity contribution in [3.05, 3.63) is 59.1 Å². The lowest BCUT2D eigenvalue weighted by atomic mass is 10.2. The van der Waals surface area contributed by atoms with E-state index in [2.05, 4.69) is 26.5 Å². The van der Waals surface area contributed by atoms with Gasteiger partial charge in [-0.2, -0.15) is 0 Å². The molecular formula is C21H27ClN4O2. The molecule has 0 saturated carbocycles. The smallest absolute Gasteiger partial charge is 0.315 e. The molecule has 1 saturated heterocycles. The normalized spacial score (nSPS) is 14.6. The Kier molecular flexibility index (Phi) is 7.39. The predicted molar refractivity (Wildman–Crippen MR) is 113 cm³/mol. The summed E-state index contributed by atoms with van der Waals surface area (Å²) in [5, 5.41) is 6.48. The van der Waals surface area contributed by atoms with Gasteiger partial charge in [0.25, 0.3) is 0 Å². The van der Waals surface area contributed by atoms with Gasteiger partial charge in [-0.1, -0.05) is 35.9 Å². The SMILES string of the molecule is COc1ccccc1N1CCN(CCNC(=O)NCc2ccc(Cl)cc2)CC1. The van der Waals surface area contributed by atoms with Crippen LogP contribution in [-0.4, -0.2) is 57.3 Å². The second kappa shape index (κ2) is 10.2. The van der Waals surface area contributed by atoms with E-state index in [0.29, 0.717) is 18.1 Å². The van der Waals surface area contributed by atoms with Gasteiger partial charge in [-0.3, -0.25) is 4.90 Å². The zero-order chi connectivity index (χ0) is 19.8. The molecule has 0 aliphatic carbocycles. The number of carbonyl (C=O) groups excluding carboxylic acids is 1. The summed E-state index contributed by atoms with van der Waals surface area (Å²) in [6.45, 7) is 5.78. The summed E-state index contributed by atoms with van der Waals surface area (Å²) in [7, 11) is 1.71. The van der Waals surface area contributed by atoms with Crippen molar-refractivity contribution in [1.29, 1.82) is 0 Å². The second-order valence-corrected chi connectivity index (χ2v) is 7.17. The lowest BCUT2D eigenvalue weighted by molar-refractivity contribution is 0.231. The van der Waals surface area contributed by atoms with Crippen molar-refractivity contribution in [2.75, 3.05) is 51.3 Å². The zero-order valence-corrected chi connectivity index (χ0v) is 16.9. The molecule has 1 aliphatic rings. The van der Waals surface area contributed by atoms with Crippen LogP contribution in [0.3, 0.4) is 0 Å². The van der Waals surface area contributed by atoms with Crippen LogP contribution < -0.4 is 20.3 Å². The topological polar surface area (TPSA) is 56.8 Å². The minimum absolute atomic E-state index is 0.150. The molecule has 2 amide bonds. The molecule has 0 aromatic heterocycles. The summed E-state index contributed by atoms with van der Waals surface area (Å²) in [5.41, 5.74) is 2.16. The first-order valence-electron chi connectivity index (χ1n) is 9.52. The number of urea groups is 1. The number of ether oxygens (including phenoxy) is 1. The minimum Gasteiger partial charge on any atom is -0.495 e. The first-order valence-corrected chi connectivity index (χ1v) is 9.90. The molecule has 0 bridgehead atoms. The van der Waals surface area contributed by atoms with Crippen molar-refractivity contribution in [1.82, 2.24) is 15.5 Å². The number of methoxy groups -OCH3 is 1. The Labute approximate surface area is 171 Å². The highest BCUT2D eigenvalue weighted by Crippen LogP contribution is 2.28. The van der Waals surface area contributed by atoms with Gasteiger partial charge in [0.2, 0.25) is 0 Å². The number of amides is 2. The Hall–Kier alpha value is -2.44. The average Bonchev–Trinajstić information content (AvgIpc) is 2.74. The number of nitrogens with zero attached hydrogens (tertiary/aromatic N) is 2. The lowest BCUT2D eigenvalue weighted by Crippen LogP contribution is -2.49. The summed E-state index contributed by atoms with van der Waals surface area (Å²) in [4.78, 5) is 16.7. The molecule has 2 aromatic rings. The zero-order valence-electron chi connectivity index (χ0n) is 16.2. The number of hydrogen-bond donors (Lipinski definition) is 2. The van der Waals surface area contributed by atoms with Gasteiger partial charge in [-0.05, 0) is 29.8 Å². The van der Waals surface area contributed by atoms with Crippen molar-refractivity contribution in [3.8, 4) is 5.75 Å². The monoisotopic (exact) mass is 402 g/mol. The van der Waals surface area contributed by atoms with Crippen LogP contribution in [0.25, 0.3) is 0 Å². The number of piperazine rings is 1. The maximum atomic E-state index is 11.9. The number of halogens is 1. The van der Waals surface area contributed by atoms with Crippen molar-refractivity contribution >= 4 is 23.3 Å². The molecule has 0 unspecified atom stereocenters. The molecule has 28 heavy (non-hydrogen) atoms. The largest absolute Gasteiger partial charge is 0.495 e. The Morgan fingerprint density at radius 2 is 1.75 bits per heavy atom. The second-order valence-electron chi connectivity index (χ2n) is 6.74. The first kappa shape index (κ1) is 20.3. The van der Waals surface area contributed by atoms with E-state index in [1.54, 1.807) is 7.11 Å². The van der Waals surface area contributed by atoms with E-state index in [1.807, 2.05) is 42.5 Å². The molecule has 7 heteroatoms. The van der Waals surface area contributed by atoms with E-state index in [0.717, 1.165) is 49.7 Å². The number of para-hydroxylation sites is 2. The Balaban J connectivity index is 1.34. The highest BCUT2D eigenvalue weighted by molar-refractivity contribution is 6.30. The van der Waals surface area contributed by atoms with Crippen LogP contribution in [0.5, 0.6) is 5.75 Å². The van der Waals surface area contributed by atoms with Crippen molar-refractivity contribution in [3.63, 3.8) is 0 Å². The Bertz CT molecular complexity index is 761. The van der Waals surface area contributed by atoms with E-state index in [-0.39, 0.29) is 6.03 Å². The summed E-state index contributed by atoms with van der Waals surface area (Å²) >= 11 is 5.86. The number of hydrogen-bond acceptors (Lipinski definition) is 4. The highest BCUT2D eigenvalue weighted by Gasteiger charge is 2.19. The van der Waals surface area contributed by atoms with Crippen molar-refractivity contribution in [2.45, 2.75) is 6.54 Å². The third-order valence-electron chi connectivity index (χ3n) is 4.88. The van der Waals surface area contributed by atoms with Crippen molar-refractivity contribution in [2.24, 2.45) is 0 Å². The standard InChI is InChI=1S/C21H27ClN4O2/c1-28-20-5-3-2-4-19(20)26-14-12-25(13-15-26)11-10-23-21(27)24-16-17-6-8-18(22)9-7-17/h2-9H,10-16H2,1H3,(H2,23,24,27). The fourth-order valence-corrected chi connectivity index (χ4v) is 3.40. The van der Waals surface area contributed by atoms with Gasteiger partial charge in [-0.25, -0.2) is 4.79 Å². The van der Waals surface area contributed by atoms with Crippen LogP contribution in [0.2, 0.25) is 5.02 Å². The molecule has 1 aliphatic heterocycles. The molecule has 0 spiro atoms. The summed E-state index contributed by atoms with van der Waals surface area (Å²) in [6, 6.07) is 15.4. The molecule has 3 rings (SSSR count). The molecule has 2 aromatic carbocycles. The maximum Gasteiger partial charge on any atom is 0.315 e. The number of anilines is 1. The van der Waals surface area contributed by atoms with E-state index >= 15 is 0 Å². The quantitative estimate of drug-likeness (QED) is 0.747. The molecule has 0 atom stereocenters. The third kappa shape index (κ3) is 5.78. The van der Waals surface area contributed by atoms with Crippen LogP contribution in [-0.2, 0) is 6.54 Å². The van der Waals surface area contributed by atoms with Gasteiger partial charge in [0.1, 0.15) is 5.75 Å². The average molecular weight is 403 g/mol. The summed E-state index contributed by atoms with van der Waals surface area (Å²) < 4.78 is 5.46. The fraction of sp³-hybridized carbons (Fsp3) is 0.381. The predicted octanol–water partition coefficient (Wildman–Crippen LogP) is 2.97. The third-order valence-corrected chi connectivity index (χ3v) is 5.13. The van der Waals surface area contributed by atoms with E-state index in [4.69, 9.17) is 16.3 Å². The first-order chi connectivity index (χ1) is 13.7. The molecule has 0 radical (unpaired) electrons.